The van der Waals surface area contributed by atoms with Crippen LogP contribution in [0.15, 0.2) is 24.5 Å². The van der Waals surface area contributed by atoms with Gasteiger partial charge >= 0.3 is 0 Å². The van der Waals surface area contributed by atoms with Gasteiger partial charge in [-0.2, -0.15) is 0 Å². The monoisotopic (exact) mass is 203 g/mol. The zero-order chi connectivity index (χ0) is 10.8. The molecule has 0 unspecified atom stereocenters. The van der Waals surface area contributed by atoms with Crippen LogP contribution in [-0.2, 0) is 4.79 Å². The van der Waals surface area contributed by atoms with Gasteiger partial charge in [0.15, 0.2) is 0 Å². The second-order valence-corrected chi connectivity index (χ2v) is 3.78. The van der Waals surface area contributed by atoms with Gasteiger partial charge < -0.3 is 10.3 Å². The maximum Gasteiger partial charge on any atom is 0.226 e. The molecule has 1 aromatic heterocycles. The lowest BCUT2D eigenvalue weighted by Gasteiger charge is -2.07. The van der Waals surface area contributed by atoms with Crippen LogP contribution in [0.5, 0.6) is 0 Å². The van der Waals surface area contributed by atoms with Crippen LogP contribution in [0.4, 0.5) is 5.69 Å². The Balaban J connectivity index is 2.25. The van der Waals surface area contributed by atoms with Crippen LogP contribution in [0.3, 0.4) is 0 Å². The fraction of sp³-hybridized carbons (Fsp3) is 0.273. The number of imidazole rings is 1. The van der Waals surface area contributed by atoms with Crippen LogP contribution in [0.1, 0.15) is 13.8 Å². The molecule has 0 radical (unpaired) electrons. The highest BCUT2D eigenvalue weighted by atomic mass is 16.1. The second-order valence-electron chi connectivity index (χ2n) is 3.78. The highest BCUT2D eigenvalue weighted by Crippen LogP contribution is 2.16. The number of aromatic amines is 1. The smallest absolute Gasteiger partial charge is 0.226 e. The molecule has 0 saturated carbocycles. The first-order valence-electron chi connectivity index (χ1n) is 4.91. The third-order valence-corrected chi connectivity index (χ3v) is 2.21. The van der Waals surface area contributed by atoms with Crippen molar-refractivity contribution in [2.24, 2.45) is 5.92 Å². The second kappa shape index (κ2) is 3.73. The summed E-state index contributed by atoms with van der Waals surface area (Å²) in [5, 5.41) is 2.84. The van der Waals surface area contributed by atoms with E-state index < -0.39 is 0 Å². The molecular weight excluding hydrogens is 190 g/mol. The molecule has 1 aromatic carbocycles. The van der Waals surface area contributed by atoms with Crippen molar-refractivity contribution in [2.75, 3.05) is 5.32 Å². The summed E-state index contributed by atoms with van der Waals surface area (Å²) in [6, 6.07) is 5.60. The number of nitrogens with one attached hydrogen (secondary N) is 2. The minimum absolute atomic E-state index is 0.0116. The Kier molecular flexibility index (Phi) is 2.41. The molecule has 4 heteroatoms. The standard InChI is InChI=1S/C11H13N3O/c1-7(2)11(15)14-8-3-4-9-10(5-8)13-6-12-9/h3-7H,1-2H3,(H,12,13)(H,14,15). The minimum Gasteiger partial charge on any atom is -0.345 e. The Morgan fingerprint density at radius 3 is 3.00 bits per heavy atom. The fourth-order valence-electron chi connectivity index (χ4n) is 1.30. The third-order valence-electron chi connectivity index (χ3n) is 2.21. The average molecular weight is 203 g/mol. The van der Waals surface area contributed by atoms with Crippen molar-refractivity contribution in [3.8, 4) is 0 Å². The summed E-state index contributed by atoms with van der Waals surface area (Å²) in [6.07, 6.45) is 1.64. The molecule has 0 aliphatic carbocycles. The number of aromatic nitrogens is 2. The molecule has 78 valence electrons. The molecule has 2 aromatic rings. The van der Waals surface area contributed by atoms with E-state index in [0.717, 1.165) is 16.7 Å². The Labute approximate surface area is 87.7 Å². The van der Waals surface area contributed by atoms with Crippen LogP contribution in [-0.4, -0.2) is 15.9 Å². The predicted molar refractivity (Wildman–Crippen MR) is 59.6 cm³/mol. The molecule has 1 heterocycles. The molecule has 15 heavy (non-hydrogen) atoms. The summed E-state index contributed by atoms with van der Waals surface area (Å²) in [6.45, 7) is 3.73. The number of fused-ring (bicyclic) bond motifs is 1. The number of benzene rings is 1. The third kappa shape index (κ3) is 1.98. The van der Waals surface area contributed by atoms with E-state index in [1.807, 2.05) is 32.0 Å². The summed E-state index contributed by atoms with van der Waals surface area (Å²) in [7, 11) is 0. The zero-order valence-corrected chi connectivity index (χ0v) is 8.74. The molecule has 0 bridgehead atoms. The lowest BCUT2D eigenvalue weighted by atomic mass is 10.2. The van der Waals surface area contributed by atoms with E-state index in [9.17, 15) is 4.79 Å². The van der Waals surface area contributed by atoms with Gasteiger partial charge in [-0.3, -0.25) is 4.79 Å². The van der Waals surface area contributed by atoms with Gasteiger partial charge in [0, 0.05) is 11.6 Å². The van der Waals surface area contributed by atoms with Crippen LogP contribution in [0.25, 0.3) is 11.0 Å². The minimum atomic E-state index is -0.0116. The number of carbonyl (C=O) groups is 1. The Bertz CT molecular complexity index is 487. The summed E-state index contributed by atoms with van der Waals surface area (Å²) >= 11 is 0. The van der Waals surface area contributed by atoms with Crippen molar-refractivity contribution in [1.29, 1.82) is 0 Å². The van der Waals surface area contributed by atoms with Crippen molar-refractivity contribution in [1.82, 2.24) is 9.97 Å². The quantitative estimate of drug-likeness (QED) is 0.785. The van der Waals surface area contributed by atoms with Gasteiger partial charge in [0.2, 0.25) is 5.91 Å². The summed E-state index contributed by atoms with van der Waals surface area (Å²) in [5.41, 5.74) is 2.62. The van der Waals surface area contributed by atoms with E-state index >= 15 is 0 Å². The van der Waals surface area contributed by atoms with Gasteiger partial charge in [-0.1, -0.05) is 13.8 Å². The molecule has 0 atom stereocenters. The average Bonchev–Trinajstić information content (AvgIpc) is 2.64. The van der Waals surface area contributed by atoms with Crippen LogP contribution >= 0.6 is 0 Å². The van der Waals surface area contributed by atoms with Crippen LogP contribution in [0, 0.1) is 5.92 Å². The highest BCUT2D eigenvalue weighted by molar-refractivity contribution is 5.94. The first-order valence-corrected chi connectivity index (χ1v) is 4.91. The van der Waals surface area contributed by atoms with Gasteiger partial charge in [-0.15, -0.1) is 0 Å². The fourth-order valence-corrected chi connectivity index (χ4v) is 1.30. The number of hydrogen-bond acceptors (Lipinski definition) is 2. The van der Waals surface area contributed by atoms with Crippen molar-refractivity contribution in [3.05, 3.63) is 24.5 Å². The van der Waals surface area contributed by atoms with Crippen LogP contribution < -0.4 is 5.32 Å². The molecule has 2 N–H and O–H groups in total. The first kappa shape index (κ1) is 9.71. The lowest BCUT2D eigenvalue weighted by molar-refractivity contribution is -0.118. The Morgan fingerprint density at radius 2 is 2.27 bits per heavy atom. The lowest BCUT2D eigenvalue weighted by Crippen LogP contribution is -2.17. The number of rotatable bonds is 2. The molecule has 0 saturated heterocycles. The molecule has 0 aliphatic rings. The predicted octanol–water partition coefficient (Wildman–Crippen LogP) is 2.16. The number of hydrogen-bond donors (Lipinski definition) is 2. The Morgan fingerprint density at radius 1 is 1.47 bits per heavy atom. The van der Waals surface area contributed by atoms with Crippen molar-refractivity contribution in [2.45, 2.75) is 13.8 Å². The van der Waals surface area contributed by atoms with E-state index in [-0.39, 0.29) is 11.8 Å². The number of H-pyrrole nitrogens is 1. The molecule has 2 rings (SSSR count). The molecule has 0 aliphatic heterocycles. The number of carbonyl (C=O) groups excluding carboxylic acids is 1. The SMILES string of the molecule is CC(C)C(=O)Nc1ccc2nc[nH]c2c1. The van der Waals surface area contributed by atoms with E-state index in [1.54, 1.807) is 6.33 Å². The zero-order valence-electron chi connectivity index (χ0n) is 8.74. The molecule has 0 spiro atoms. The molecular formula is C11H13N3O. The molecule has 0 fully saturated rings. The van der Waals surface area contributed by atoms with Gasteiger partial charge in [-0.25, -0.2) is 4.98 Å². The summed E-state index contributed by atoms with van der Waals surface area (Å²) in [5.74, 6) is 0.0105. The van der Waals surface area contributed by atoms with Gasteiger partial charge in [0.25, 0.3) is 0 Å². The van der Waals surface area contributed by atoms with Crippen molar-refractivity contribution in [3.63, 3.8) is 0 Å². The van der Waals surface area contributed by atoms with E-state index in [1.165, 1.54) is 0 Å². The maximum absolute atomic E-state index is 11.4. The van der Waals surface area contributed by atoms with Gasteiger partial charge in [0.05, 0.1) is 17.4 Å². The largest absolute Gasteiger partial charge is 0.345 e. The highest BCUT2D eigenvalue weighted by Gasteiger charge is 2.07. The Hall–Kier alpha value is -1.84. The van der Waals surface area contributed by atoms with E-state index in [0.29, 0.717) is 0 Å². The topological polar surface area (TPSA) is 57.8 Å². The number of amides is 1. The van der Waals surface area contributed by atoms with Gasteiger partial charge in [0.1, 0.15) is 0 Å². The van der Waals surface area contributed by atoms with E-state index in [4.69, 9.17) is 0 Å². The molecule has 1 amide bonds. The maximum atomic E-state index is 11.4. The van der Waals surface area contributed by atoms with Crippen LogP contribution in [0.2, 0.25) is 0 Å². The first-order chi connectivity index (χ1) is 7.16. The van der Waals surface area contributed by atoms with Crippen molar-refractivity contribution >= 4 is 22.6 Å². The number of nitrogens with zero attached hydrogens (tertiary/aromatic N) is 1. The summed E-state index contributed by atoms with van der Waals surface area (Å²) < 4.78 is 0. The number of anilines is 1. The summed E-state index contributed by atoms with van der Waals surface area (Å²) in [4.78, 5) is 18.6. The van der Waals surface area contributed by atoms with Gasteiger partial charge in [-0.05, 0) is 18.2 Å². The molecule has 4 nitrogen and oxygen atoms in total. The van der Waals surface area contributed by atoms with E-state index in [2.05, 4.69) is 15.3 Å². The van der Waals surface area contributed by atoms with Crippen molar-refractivity contribution < 1.29 is 4.79 Å². The normalized spacial score (nSPS) is 10.9.